The third-order valence-electron chi connectivity index (χ3n) is 3.17. The van der Waals surface area contributed by atoms with Crippen LogP contribution in [0.3, 0.4) is 0 Å². The number of ether oxygens (including phenoxy) is 1. The molecule has 1 aromatic rings. The molecular formula is C13H23N3O2. The van der Waals surface area contributed by atoms with E-state index in [4.69, 9.17) is 10.5 Å². The Balaban J connectivity index is 3.24. The Hall–Kier alpha value is -1.52. The van der Waals surface area contributed by atoms with Crippen LogP contribution in [0.1, 0.15) is 62.4 Å². The maximum Gasteiger partial charge on any atom is 0.360 e. The highest BCUT2D eigenvalue weighted by atomic mass is 16.5. The van der Waals surface area contributed by atoms with Gasteiger partial charge in [-0.3, -0.25) is 0 Å². The molecule has 0 amide bonds. The van der Waals surface area contributed by atoms with Gasteiger partial charge < -0.3 is 15.0 Å². The number of nitrogens with two attached hydrogens (primary N) is 1. The molecular weight excluding hydrogens is 230 g/mol. The smallest absolute Gasteiger partial charge is 0.360 e. The standard InChI is InChI=1S/C13H23N3O2/c1-5-8-9(6-2)16-10(7-3)15-11(12(16)14)13(17)18-4/h9H,5-8,14H2,1-4H3. The van der Waals surface area contributed by atoms with Gasteiger partial charge in [-0.05, 0) is 12.8 Å². The Morgan fingerprint density at radius 2 is 2.11 bits per heavy atom. The SMILES string of the molecule is CCCC(CC)n1c(CC)nc(C(=O)OC)c1N. The third kappa shape index (κ3) is 2.66. The molecule has 0 spiro atoms. The Bertz CT molecular complexity index is 413. The summed E-state index contributed by atoms with van der Waals surface area (Å²) in [6, 6.07) is 0.302. The fourth-order valence-electron chi connectivity index (χ4n) is 2.25. The second-order valence-corrected chi connectivity index (χ2v) is 4.33. The van der Waals surface area contributed by atoms with Gasteiger partial charge in [-0.25, -0.2) is 9.78 Å². The van der Waals surface area contributed by atoms with Crippen LogP contribution in [0.25, 0.3) is 0 Å². The molecule has 0 bridgehead atoms. The molecule has 0 aliphatic carbocycles. The summed E-state index contributed by atoms with van der Waals surface area (Å²) in [6.45, 7) is 6.28. The van der Waals surface area contributed by atoms with E-state index in [2.05, 4.69) is 18.8 Å². The molecule has 0 aliphatic rings. The van der Waals surface area contributed by atoms with Crippen LogP contribution in [0.4, 0.5) is 5.82 Å². The van der Waals surface area contributed by atoms with E-state index in [0.29, 0.717) is 11.9 Å². The number of hydrogen-bond donors (Lipinski definition) is 1. The fraction of sp³-hybridized carbons (Fsp3) is 0.692. The zero-order valence-electron chi connectivity index (χ0n) is 11.7. The summed E-state index contributed by atoms with van der Waals surface area (Å²) < 4.78 is 6.70. The zero-order valence-corrected chi connectivity index (χ0v) is 11.7. The van der Waals surface area contributed by atoms with Crippen LogP contribution in [0.2, 0.25) is 0 Å². The fourth-order valence-corrected chi connectivity index (χ4v) is 2.25. The van der Waals surface area contributed by atoms with Crippen molar-refractivity contribution in [1.82, 2.24) is 9.55 Å². The lowest BCUT2D eigenvalue weighted by Gasteiger charge is -2.19. The zero-order chi connectivity index (χ0) is 13.7. The summed E-state index contributed by atoms with van der Waals surface area (Å²) in [5.41, 5.74) is 6.30. The summed E-state index contributed by atoms with van der Waals surface area (Å²) in [4.78, 5) is 15.9. The van der Waals surface area contributed by atoms with Crippen molar-refractivity contribution in [1.29, 1.82) is 0 Å². The molecule has 102 valence electrons. The first kappa shape index (κ1) is 14.5. The highest BCUT2D eigenvalue weighted by Crippen LogP contribution is 2.27. The Morgan fingerprint density at radius 3 is 2.56 bits per heavy atom. The van der Waals surface area contributed by atoms with E-state index in [1.54, 1.807) is 0 Å². The maximum absolute atomic E-state index is 11.6. The quantitative estimate of drug-likeness (QED) is 0.791. The van der Waals surface area contributed by atoms with Gasteiger partial charge in [0.1, 0.15) is 11.6 Å². The lowest BCUT2D eigenvalue weighted by Crippen LogP contribution is -2.14. The average Bonchev–Trinajstić information content (AvgIpc) is 2.72. The molecule has 18 heavy (non-hydrogen) atoms. The van der Waals surface area contributed by atoms with Crippen LogP contribution in [-0.2, 0) is 11.2 Å². The number of anilines is 1. The Kier molecular flexibility index (Phi) is 5.19. The van der Waals surface area contributed by atoms with E-state index in [9.17, 15) is 4.79 Å². The van der Waals surface area contributed by atoms with Gasteiger partial charge in [0.2, 0.25) is 0 Å². The second kappa shape index (κ2) is 6.42. The molecule has 0 fully saturated rings. The lowest BCUT2D eigenvalue weighted by molar-refractivity contribution is 0.0595. The summed E-state index contributed by atoms with van der Waals surface area (Å²) in [5.74, 6) is 0.819. The number of methoxy groups -OCH3 is 1. The number of aromatic nitrogens is 2. The van der Waals surface area contributed by atoms with Crippen molar-refractivity contribution in [2.45, 2.75) is 52.5 Å². The number of hydrogen-bond acceptors (Lipinski definition) is 4. The minimum absolute atomic E-state index is 0.240. The summed E-state index contributed by atoms with van der Waals surface area (Å²) >= 11 is 0. The number of aryl methyl sites for hydroxylation is 1. The van der Waals surface area contributed by atoms with E-state index >= 15 is 0 Å². The predicted octanol–water partition coefficient (Wildman–Crippen LogP) is 2.57. The van der Waals surface area contributed by atoms with Crippen molar-refractivity contribution in [2.75, 3.05) is 12.8 Å². The lowest BCUT2D eigenvalue weighted by atomic mass is 10.1. The minimum atomic E-state index is -0.465. The van der Waals surface area contributed by atoms with Crippen LogP contribution in [-0.4, -0.2) is 22.6 Å². The molecule has 1 heterocycles. The molecule has 2 N–H and O–H groups in total. The van der Waals surface area contributed by atoms with Gasteiger partial charge in [-0.15, -0.1) is 0 Å². The van der Waals surface area contributed by atoms with Crippen molar-refractivity contribution in [2.24, 2.45) is 0 Å². The molecule has 1 unspecified atom stereocenters. The highest BCUT2D eigenvalue weighted by molar-refractivity contribution is 5.92. The Morgan fingerprint density at radius 1 is 1.44 bits per heavy atom. The van der Waals surface area contributed by atoms with Crippen LogP contribution in [0, 0.1) is 0 Å². The largest absolute Gasteiger partial charge is 0.464 e. The third-order valence-corrected chi connectivity index (χ3v) is 3.17. The van der Waals surface area contributed by atoms with Gasteiger partial charge >= 0.3 is 5.97 Å². The van der Waals surface area contributed by atoms with Crippen molar-refractivity contribution < 1.29 is 9.53 Å². The van der Waals surface area contributed by atoms with Gasteiger partial charge in [-0.1, -0.05) is 27.2 Å². The number of imidazole rings is 1. The number of carbonyl (C=O) groups excluding carboxylic acids is 1. The van der Waals surface area contributed by atoms with Crippen LogP contribution < -0.4 is 5.73 Å². The van der Waals surface area contributed by atoms with Crippen LogP contribution in [0.5, 0.6) is 0 Å². The van der Waals surface area contributed by atoms with E-state index in [0.717, 1.165) is 31.5 Å². The monoisotopic (exact) mass is 253 g/mol. The second-order valence-electron chi connectivity index (χ2n) is 4.33. The summed E-state index contributed by atoms with van der Waals surface area (Å²) in [5, 5.41) is 0. The molecule has 1 atom stereocenters. The Labute approximate surface area is 108 Å². The van der Waals surface area contributed by atoms with Crippen molar-refractivity contribution in [3.05, 3.63) is 11.5 Å². The maximum atomic E-state index is 11.6. The number of carbonyl (C=O) groups is 1. The highest BCUT2D eigenvalue weighted by Gasteiger charge is 2.23. The van der Waals surface area contributed by atoms with E-state index in [-0.39, 0.29) is 5.69 Å². The molecule has 0 saturated heterocycles. The van der Waals surface area contributed by atoms with E-state index < -0.39 is 5.97 Å². The van der Waals surface area contributed by atoms with Crippen molar-refractivity contribution in [3.63, 3.8) is 0 Å². The molecule has 1 aromatic heterocycles. The first-order chi connectivity index (χ1) is 8.60. The van der Waals surface area contributed by atoms with Gasteiger partial charge in [0, 0.05) is 12.5 Å². The van der Waals surface area contributed by atoms with Gasteiger partial charge in [0.05, 0.1) is 7.11 Å². The molecule has 5 nitrogen and oxygen atoms in total. The van der Waals surface area contributed by atoms with Gasteiger partial charge in [0.15, 0.2) is 5.69 Å². The molecule has 0 radical (unpaired) electrons. The molecule has 0 saturated carbocycles. The van der Waals surface area contributed by atoms with Gasteiger partial charge in [0.25, 0.3) is 0 Å². The van der Waals surface area contributed by atoms with Crippen LogP contribution >= 0.6 is 0 Å². The number of rotatable bonds is 6. The molecule has 0 aliphatic heterocycles. The van der Waals surface area contributed by atoms with Crippen molar-refractivity contribution >= 4 is 11.8 Å². The predicted molar refractivity (Wildman–Crippen MR) is 71.6 cm³/mol. The number of nitrogens with zero attached hydrogens (tertiary/aromatic N) is 2. The minimum Gasteiger partial charge on any atom is -0.464 e. The normalized spacial score (nSPS) is 12.4. The van der Waals surface area contributed by atoms with Crippen molar-refractivity contribution in [3.8, 4) is 0 Å². The van der Waals surface area contributed by atoms with Gasteiger partial charge in [-0.2, -0.15) is 0 Å². The van der Waals surface area contributed by atoms with E-state index in [1.165, 1.54) is 7.11 Å². The summed E-state index contributed by atoms with van der Waals surface area (Å²) in [6.07, 6.45) is 3.83. The van der Waals surface area contributed by atoms with E-state index in [1.807, 2.05) is 11.5 Å². The number of esters is 1. The average molecular weight is 253 g/mol. The molecule has 5 heteroatoms. The summed E-state index contributed by atoms with van der Waals surface area (Å²) in [7, 11) is 1.34. The van der Waals surface area contributed by atoms with Crippen LogP contribution in [0.15, 0.2) is 0 Å². The molecule has 0 aromatic carbocycles. The number of nitrogen functional groups attached to an aromatic ring is 1. The first-order valence-electron chi connectivity index (χ1n) is 6.55. The first-order valence-corrected chi connectivity index (χ1v) is 6.55. The topological polar surface area (TPSA) is 70.1 Å². The molecule has 1 rings (SSSR count).